The van der Waals surface area contributed by atoms with Crippen LogP contribution in [0, 0.1) is 22.2 Å². The number of amidine groups is 1. The highest BCUT2D eigenvalue weighted by molar-refractivity contribution is 6.38. The van der Waals surface area contributed by atoms with Crippen LogP contribution in [0.2, 0.25) is 0 Å². The molecular weight excluding hydrogens is 616 g/mol. The van der Waals surface area contributed by atoms with E-state index in [4.69, 9.17) is 9.83 Å². The van der Waals surface area contributed by atoms with Crippen molar-refractivity contribution in [3.63, 3.8) is 0 Å². The normalized spacial score (nSPS) is 23.3. The minimum atomic E-state index is -0.875. The van der Waals surface area contributed by atoms with E-state index in [9.17, 15) is 9.59 Å². The smallest absolute Gasteiger partial charge is 0.288 e. The number of hydrogen-bond donors (Lipinski definition) is 2. The van der Waals surface area contributed by atoms with Gasteiger partial charge >= 0.3 is 0 Å². The number of nitrogens with zero attached hydrogens (tertiary/aromatic N) is 6. The third kappa shape index (κ3) is 8.10. The van der Waals surface area contributed by atoms with Gasteiger partial charge in [-0.15, -0.1) is 0 Å². The number of likely N-dealkylation sites (N-methyl/N-ethyl adjacent to an activating group) is 1. The first-order chi connectivity index (χ1) is 23.0. The molecule has 0 radical (unpaired) electrons. The van der Waals surface area contributed by atoms with Crippen molar-refractivity contribution < 1.29 is 14.4 Å². The van der Waals surface area contributed by atoms with Crippen LogP contribution in [0.15, 0.2) is 53.8 Å². The average molecular weight is 675 g/mol. The Morgan fingerprint density at radius 1 is 1.02 bits per heavy atom. The lowest BCUT2D eigenvalue weighted by atomic mass is 9.68. The summed E-state index contributed by atoms with van der Waals surface area (Å²) < 4.78 is 0. The van der Waals surface area contributed by atoms with Crippen LogP contribution in [0.25, 0.3) is 5.57 Å². The number of hydrogen-bond acceptors (Lipinski definition) is 9. The Hall–Kier alpha value is -3.54. The third-order valence-electron chi connectivity index (χ3n) is 10.5. The quantitative estimate of drug-likeness (QED) is 0.400. The minimum absolute atomic E-state index is 0.0854. The molecular formula is C38H58N8O3. The summed E-state index contributed by atoms with van der Waals surface area (Å²) in [6, 6.07) is 2.07. The summed E-state index contributed by atoms with van der Waals surface area (Å²) in [6.45, 7) is 25.2. The maximum atomic E-state index is 13.3. The predicted octanol–water partition coefficient (Wildman–Crippen LogP) is 3.97. The van der Waals surface area contributed by atoms with Gasteiger partial charge in [-0.05, 0) is 24.1 Å². The summed E-state index contributed by atoms with van der Waals surface area (Å²) in [7, 11) is 2.15. The molecule has 11 heteroatoms. The van der Waals surface area contributed by atoms with Gasteiger partial charge in [0.15, 0.2) is 5.72 Å². The number of aliphatic imine (C=N–C) groups is 1. The van der Waals surface area contributed by atoms with Gasteiger partial charge in [0.25, 0.3) is 5.91 Å². The van der Waals surface area contributed by atoms with Crippen molar-refractivity contribution >= 4 is 28.9 Å². The van der Waals surface area contributed by atoms with Crippen LogP contribution in [0.3, 0.4) is 0 Å². The summed E-state index contributed by atoms with van der Waals surface area (Å²) in [4.78, 5) is 50.6. The largest absolute Gasteiger partial charge is 0.366 e. The van der Waals surface area contributed by atoms with Crippen molar-refractivity contribution in [1.29, 1.82) is 0 Å². The van der Waals surface area contributed by atoms with Crippen molar-refractivity contribution in [3.05, 3.63) is 54.4 Å². The Balaban J connectivity index is 1.18. The van der Waals surface area contributed by atoms with Crippen LogP contribution in [-0.4, -0.2) is 116 Å². The van der Waals surface area contributed by atoms with Crippen LogP contribution in [0.1, 0.15) is 61.0 Å². The zero-order valence-electron chi connectivity index (χ0n) is 31.2. The molecule has 3 aliphatic heterocycles. The third-order valence-corrected chi connectivity index (χ3v) is 10.5. The number of anilines is 1. The number of rotatable bonds is 8. The van der Waals surface area contributed by atoms with E-state index in [2.05, 4.69) is 117 Å². The highest BCUT2D eigenvalue weighted by Crippen LogP contribution is 2.49. The summed E-state index contributed by atoms with van der Waals surface area (Å²) in [5, 5.41) is 3.10. The average Bonchev–Trinajstić information content (AvgIpc) is 3.53. The maximum absolute atomic E-state index is 13.3. The number of aromatic nitrogens is 1. The van der Waals surface area contributed by atoms with Crippen LogP contribution in [-0.2, 0) is 14.4 Å². The Kier molecular flexibility index (Phi) is 10.8. The van der Waals surface area contributed by atoms with E-state index in [-0.39, 0.29) is 39.8 Å². The zero-order valence-corrected chi connectivity index (χ0v) is 31.2. The fourth-order valence-corrected chi connectivity index (χ4v) is 7.49. The van der Waals surface area contributed by atoms with Gasteiger partial charge in [-0.1, -0.05) is 79.7 Å². The van der Waals surface area contributed by atoms with Gasteiger partial charge in [0.1, 0.15) is 0 Å². The highest BCUT2D eigenvalue weighted by Gasteiger charge is 2.56. The lowest BCUT2D eigenvalue weighted by Crippen LogP contribution is -2.52. The molecule has 0 spiro atoms. The lowest BCUT2D eigenvalue weighted by Gasteiger charge is -2.46. The molecule has 0 aromatic carbocycles. The fraction of sp³-hybridized carbons (Fsp3) is 0.632. The molecule has 11 nitrogen and oxygen atoms in total. The molecule has 0 saturated carbocycles. The first-order valence-corrected chi connectivity index (χ1v) is 17.8. The molecule has 0 bridgehead atoms. The van der Waals surface area contributed by atoms with Crippen LogP contribution in [0.4, 0.5) is 5.69 Å². The van der Waals surface area contributed by atoms with E-state index in [1.807, 2.05) is 23.4 Å². The van der Waals surface area contributed by atoms with Gasteiger partial charge in [0.05, 0.1) is 11.9 Å². The van der Waals surface area contributed by atoms with Crippen LogP contribution in [0.5, 0.6) is 0 Å². The van der Waals surface area contributed by atoms with E-state index >= 15 is 0 Å². The summed E-state index contributed by atoms with van der Waals surface area (Å²) >= 11 is 0. The molecule has 2 amide bonds. The molecule has 5 rings (SSSR count). The molecule has 1 aromatic heterocycles. The van der Waals surface area contributed by atoms with Crippen molar-refractivity contribution in [2.75, 3.05) is 77.4 Å². The summed E-state index contributed by atoms with van der Waals surface area (Å²) in [6.07, 6.45) is 14.2. The topological polar surface area (TPSA) is 106 Å². The molecule has 1 aromatic rings. The summed E-state index contributed by atoms with van der Waals surface area (Å²) in [5.74, 6) is 0.115. The van der Waals surface area contributed by atoms with Gasteiger partial charge < -0.3 is 20.0 Å². The van der Waals surface area contributed by atoms with E-state index in [0.29, 0.717) is 19.6 Å². The number of hydroxylamine groups is 1. The minimum Gasteiger partial charge on any atom is -0.366 e. The monoisotopic (exact) mass is 674 g/mol. The molecule has 49 heavy (non-hydrogen) atoms. The zero-order chi connectivity index (χ0) is 35.6. The van der Waals surface area contributed by atoms with E-state index < -0.39 is 5.72 Å². The SMILES string of the molecule is CN1CCN(C/C=C/C(=O)N2CCN(c3cnccc3C3=CC(C)(C)C(CNC(=O)C4=NC(C(C)(C)C)(C(C)(C)C)ON4)C=C3)CC2)CC1. The van der Waals surface area contributed by atoms with Crippen molar-refractivity contribution in [1.82, 2.24) is 30.5 Å². The number of piperazine rings is 2. The van der Waals surface area contributed by atoms with E-state index in [1.54, 1.807) is 6.08 Å². The van der Waals surface area contributed by atoms with Crippen molar-refractivity contribution in [3.8, 4) is 0 Å². The van der Waals surface area contributed by atoms with Crippen LogP contribution < -0.4 is 15.7 Å². The molecule has 2 N–H and O–H groups in total. The van der Waals surface area contributed by atoms with Gasteiger partial charge in [-0.2, -0.15) is 0 Å². The fourth-order valence-electron chi connectivity index (χ4n) is 7.49. The molecule has 1 aliphatic carbocycles. The van der Waals surface area contributed by atoms with E-state index in [0.717, 1.165) is 62.6 Å². The highest BCUT2D eigenvalue weighted by atomic mass is 16.7. The Bertz CT molecular complexity index is 1470. The second-order valence-corrected chi connectivity index (χ2v) is 16.6. The second-order valence-electron chi connectivity index (χ2n) is 16.6. The molecule has 1 atom stereocenters. The van der Waals surface area contributed by atoms with Gasteiger partial charge in [0, 0.05) is 100 Å². The van der Waals surface area contributed by atoms with Crippen molar-refractivity contribution in [2.24, 2.45) is 27.2 Å². The Morgan fingerprint density at radius 2 is 1.69 bits per heavy atom. The number of amides is 2. The number of allylic oxidation sites excluding steroid dienone is 3. The van der Waals surface area contributed by atoms with Gasteiger partial charge in [-0.25, -0.2) is 15.3 Å². The van der Waals surface area contributed by atoms with E-state index in [1.165, 1.54) is 0 Å². The molecule has 2 fully saturated rings. The summed E-state index contributed by atoms with van der Waals surface area (Å²) in [5.41, 5.74) is 4.42. The van der Waals surface area contributed by atoms with Crippen molar-refractivity contribution in [2.45, 2.75) is 61.1 Å². The number of nitrogens with one attached hydrogen (secondary N) is 2. The molecule has 4 heterocycles. The number of carbonyl (C=O) groups is 2. The van der Waals surface area contributed by atoms with Crippen LogP contribution >= 0.6 is 0 Å². The standard InChI is InChI=1S/C38H58N8O3/c1-35(2,3)38(36(4,5)6)41-33(42-49-38)34(48)40-26-29-13-12-28(25-37(29,7)8)30-14-15-39-27-31(30)45-21-23-46(24-22-45)32(47)11-10-16-44-19-17-43(9)18-20-44/h10-15,25,27,29H,16-24,26H2,1-9H3,(H,40,48)(H,41,42)/b11-10+. The Morgan fingerprint density at radius 3 is 2.31 bits per heavy atom. The second kappa shape index (κ2) is 14.4. The maximum Gasteiger partial charge on any atom is 0.288 e. The molecule has 4 aliphatic rings. The predicted molar refractivity (Wildman–Crippen MR) is 197 cm³/mol. The molecule has 1 unspecified atom stereocenters. The molecule has 268 valence electrons. The molecule has 2 saturated heterocycles. The Labute approximate surface area is 293 Å². The van der Waals surface area contributed by atoms with Gasteiger partial charge in [0.2, 0.25) is 11.7 Å². The number of pyridine rings is 1. The number of carbonyl (C=O) groups excluding carboxylic acids is 2. The lowest BCUT2D eigenvalue weighted by molar-refractivity contribution is -0.182. The first-order valence-electron chi connectivity index (χ1n) is 17.8. The van der Waals surface area contributed by atoms with Gasteiger partial charge in [-0.3, -0.25) is 19.5 Å². The first kappa shape index (κ1) is 36.7.